The number of hydrogen-bond donors (Lipinski definition) is 1. The lowest BCUT2D eigenvalue weighted by Gasteiger charge is -2.06. The minimum absolute atomic E-state index is 0.734. The van der Waals surface area contributed by atoms with Gasteiger partial charge < -0.3 is 0 Å². The van der Waals surface area contributed by atoms with Gasteiger partial charge in [-0.1, -0.05) is 43.1 Å². The molecule has 0 bridgehead atoms. The Morgan fingerprint density at radius 3 is 2.63 bits per heavy atom. The molecule has 1 N–H and O–H groups in total. The quantitative estimate of drug-likeness (QED) is 0.649. The molecule has 1 heterocycles. The van der Waals surface area contributed by atoms with Crippen LogP contribution in [-0.4, -0.2) is 10.7 Å². The normalized spacial score (nSPS) is 11.4. The van der Waals surface area contributed by atoms with Crippen LogP contribution in [0.25, 0.3) is 0 Å². The number of pyridine rings is 1. The summed E-state index contributed by atoms with van der Waals surface area (Å²) in [4.78, 5) is 4.18. The van der Waals surface area contributed by atoms with Crippen LogP contribution in [0.4, 0.5) is 5.82 Å². The zero-order valence-electron chi connectivity index (χ0n) is 10.8. The molecule has 0 fully saturated rings. The van der Waals surface area contributed by atoms with Crippen LogP contribution < -0.4 is 5.43 Å². The van der Waals surface area contributed by atoms with Crippen LogP contribution in [0.15, 0.2) is 53.8 Å². The zero-order valence-corrected chi connectivity index (χ0v) is 11.6. The number of benzene rings is 1. The molecule has 0 radical (unpaired) electrons. The predicted molar refractivity (Wildman–Crippen MR) is 80.8 cm³/mol. The number of nitrogens with zero attached hydrogens (tertiary/aromatic N) is 2. The minimum Gasteiger partial charge on any atom is -0.261 e. The third-order valence-electron chi connectivity index (χ3n) is 2.63. The van der Waals surface area contributed by atoms with Crippen molar-refractivity contribution in [2.75, 3.05) is 5.43 Å². The van der Waals surface area contributed by atoms with E-state index in [0.717, 1.165) is 35.0 Å². The van der Waals surface area contributed by atoms with Crippen LogP contribution in [-0.2, 0) is 0 Å². The number of anilines is 1. The fourth-order valence-corrected chi connectivity index (χ4v) is 1.82. The highest BCUT2D eigenvalue weighted by molar-refractivity contribution is 6.30. The van der Waals surface area contributed by atoms with E-state index in [0.29, 0.717) is 0 Å². The number of nitrogens with one attached hydrogen (secondary N) is 1. The smallest absolute Gasteiger partial charge is 0.146 e. The maximum atomic E-state index is 5.90. The highest BCUT2D eigenvalue weighted by Crippen LogP contribution is 2.13. The van der Waals surface area contributed by atoms with E-state index in [2.05, 4.69) is 22.4 Å². The van der Waals surface area contributed by atoms with Gasteiger partial charge in [-0.05, 0) is 36.2 Å². The first-order valence-corrected chi connectivity index (χ1v) is 6.67. The molecule has 2 aromatic rings. The summed E-state index contributed by atoms with van der Waals surface area (Å²) in [5, 5.41) is 5.18. The Morgan fingerprint density at radius 2 is 2.00 bits per heavy atom. The van der Waals surface area contributed by atoms with E-state index in [1.54, 1.807) is 6.20 Å². The predicted octanol–water partition coefficient (Wildman–Crippen LogP) is 4.35. The van der Waals surface area contributed by atoms with E-state index in [1.165, 1.54) is 0 Å². The first kappa shape index (κ1) is 13.6. The minimum atomic E-state index is 0.734. The number of halogens is 1. The topological polar surface area (TPSA) is 37.3 Å². The summed E-state index contributed by atoms with van der Waals surface area (Å²) in [5.74, 6) is 0.741. The van der Waals surface area contributed by atoms with Gasteiger partial charge in [-0.15, -0.1) is 0 Å². The van der Waals surface area contributed by atoms with Crippen LogP contribution >= 0.6 is 11.6 Å². The Labute approximate surface area is 118 Å². The van der Waals surface area contributed by atoms with Crippen molar-refractivity contribution in [1.82, 2.24) is 4.98 Å². The molecule has 4 heteroatoms. The molecular formula is C15H16ClN3. The number of rotatable bonds is 5. The third-order valence-corrected chi connectivity index (χ3v) is 2.89. The maximum Gasteiger partial charge on any atom is 0.146 e. The summed E-state index contributed by atoms with van der Waals surface area (Å²) >= 11 is 5.90. The molecule has 3 nitrogen and oxygen atoms in total. The molecule has 0 amide bonds. The lowest BCUT2D eigenvalue weighted by molar-refractivity contribution is 0.986. The Bertz CT molecular complexity index is 535. The highest BCUT2D eigenvalue weighted by atomic mass is 35.5. The van der Waals surface area contributed by atoms with Gasteiger partial charge in [0.05, 0.1) is 5.71 Å². The van der Waals surface area contributed by atoms with Crippen molar-refractivity contribution in [2.45, 2.75) is 19.8 Å². The second kappa shape index (κ2) is 6.90. The summed E-state index contributed by atoms with van der Waals surface area (Å²) in [6.07, 6.45) is 3.67. The van der Waals surface area contributed by atoms with Gasteiger partial charge in [0.25, 0.3) is 0 Å². The van der Waals surface area contributed by atoms with E-state index in [9.17, 15) is 0 Å². The number of hydrogen-bond acceptors (Lipinski definition) is 3. The van der Waals surface area contributed by atoms with Gasteiger partial charge >= 0.3 is 0 Å². The summed E-state index contributed by atoms with van der Waals surface area (Å²) in [6.45, 7) is 2.13. The standard InChI is InChI=1S/C15H16ClN3/c1-2-5-14(12-7-9-13(16)10-8-12)18-19-15-6-3-4-11-17-15/h3-4,6-11H,2,5H2,1H3,(H,17,19)/b18-14-. The molecule has 0 aliphatic rings. The molecule has 0 saturated heterocycles. The van der Waals surface area contributed by atoms with E-state index in [-0.39, 0.29) is 0 Å². The summed E-state index contributed by atoms with van der Waals surface area (Å²) in [6, 6.07) is 13.4. The van der Waals surface area contributed by atoms with Gasteiger partial charge in [0.15, 0.2) is 0 Å². The van der Waals surface area contributed by atoms with Crippen LogP contribution in [0.3, 0.4) is 0 Å². The summed E-state index contributed by atoms with van der Waals surface area (Å²) < 4.78 is 0. The second-order valence-electron chi connectivity index (χ2n) is 4.14. The molecule has 0 unspecified atom stereocenters. The Hall–Kier alpha value is -1.87. The highest BCUT2D eigenvalue weighted by Gasteiger charge is 2.03. The molecule has 0 spiro atoms. The van der Waals surface area contributed by atoms with Gasteiger partial charge in [0.2, 0.25) is 0 Å². The first-order valence-electron chi connectivity index (χ1n) is 6.29. The molecule has 1 aromatic carbocycles. The van der Waals surface area contributed by atoms with E-state index >= 15 is 0 Å². The van der Waals surface area contributed by atoms with Crippen molar-refractivity contribution in [3.8, 4) is 0 Å². The van der Waals surface area contributed by atoms with E-state index in [1.807, 2.05) is 42.5 Å². The van der Waals surface area contributed by atoms with Crippen LogP contribution in [0, 0.1) is 0 Å². The van der Waals surface area contributed by atoms with Crippen LogP contribution in [0.2, 0.25) is 5.02 Å². The fourth-order valence-electron chi connectivity index (χ4n) is 1.70. The van der Waals surface area contributed by atoms with Gasteiger partial charge in [-0.2, -0.15) is 5.10 Å². The van der Waals surface area contributed by atoms with Gasteiger partial charge in [-0.3, -0.25) is 5.43 Å². The third kappa shape index (κ3) is 4.07. The molecule has 0 saturated carbocycles. The summed E-state index contributed by atoms with van der Waals surface area (Å²) in [7, 11) is 0. The molecule has 0 atom stereocenters. The van der Waals surface area contributed by atoms with E-state index < -0.39 is 0 Å². The number of aromatic nitrogens is 1. The second-order valence-corrected chi connectivity index (χ2v) is 4.58. The van der Waals surface area contributed by atoms with Crippen molar-refractivity contribution < 1.29 is 0 Å². The Kier molecular flexibility index (Phi) is 4.93. The van der Waals surface area contributed by atoms with Crippen LogP contribution in [0.1, 0.15) is 25.3 Å². The monoisotopic (exact) mass is 273 g/mol. The average molecular weight is 274 g/mol. The maximum absolute atomic E-state index is 5.90. The molecule has 0 aliphatic carbocycles. The van der Waals surface area contributed by atoms with Crippen molar-refractivity contribution >= 4 is 23.1 Å². The van der Waals surface area contributed by atoms with Crippen LogP contribution in [0.5, 0.6) is 0 Å². The Balaban J connectivity index is 2.17. The van der Waals surface area contributed by atoms with Gasteiger partial charge in [-0.25, -0.2) is 4.98 Å². The fraction of sp³-hybridized carbons (Fsp3) is 0.200. The number of hydrazone groups is 1. The van der Waals surface area contributed by atoms with Crippen molar-refractivity contribution in [3.63, 3.8) is 0 Å². The molecule has 1 aromatic heterocycles. The van der Waals surface area contributed by atoms with Gasteiger partial charge in [0.1, 0.15) is 5.82 Å². The molecule has 98 valence electrons. The average Bonchev–Trinajstić information content (AvgIpc) is 2.46. The SMILES string of the molecule is CCC/C(=N/Nc1ccccn1)c1ccc(Cl)cc1. The largest absolute Gasteiger partial charge is 0.261 e. The van der Waals surface area contributed by atoms with Crippen molar-refractivity contribution in [2.24, 2.45) is 5.10 Å². The Morgan fingerprint density at radius 1 is 1.21 bits per heavy atom. The van der Waals surface area contributed by atoms with Gasteiger partial charge in [0, 0.05) is 11.2 Å². The van der Waals surface area contributed by atoms with Crippen molar-refractivity contribution in [3.05, 3.63) is 59.2 Å². The zero-order chi connectivity index (χ0) is 13.5. The lowest BCUT2D eigenvalue weighted by atomic mass is 10.1. The van der Waals surface area contributed by atoms with E-state index in [4.69, 9.17) is 11.6 Å². The molecule has 2 rings (SSSR count). The molecular weight excluding hydrogens is 258 g/mol. The van der Waals surface area contributed by atoms with Crippen molar-refractivity contribution in [1.29, 1.82) is 0 Å². The lowest BCUT2D eigenvalue weighted by Crippen LogP contribution is -2.04. The first-order chi connectivity index (χ1) is 9.29. The molecule has 19 heavy (non-hydrogen) atoms. The molecule has 0 aliphatic heterocycles. The summed E-state index contributed by atoms with van der Waals surface area (Å²) in [5.41, 5.74) is 5.07.